The molecule has 0 radical (unpaired) electrons. The Kier molecular flexibility index (Phi) is 4.39. The Morgan fingerprint density at radius 1 is 1.47 bits per heavy atom. The third-order valence-corrected chi connectivity index (χ3v) is 4.82. The molecule has 1 aromatic carbocycles. The molecule has 104 valence electrons. The van der Waals surface area contributed by atoms with Crippen molar-refractivity contribution in [1.82, 2.24) is 5.32 Å². The molecule has 0 amide bonds. The molecule has 4 nitrogen and oxygen atoms in total. The Morgan fingerprint density at radius 2 is 2.21 bits per heavy atom. The molecule has 1 aliphatic heterocycles. The zero-order valence-corrected chi connectivity index (χ0v) is 11.9. The van der Waals surface area contributed by atoms with Crippen molar-refractivity contribution in [2.75, 3.05) is 25.5 Å². The van der Waals surface area contributed by atoms with Gasteiger partial charge in [-0.15, -0.1) is 0 Å². The van der Waals surface area contributed by atoms with Gasteiger partial charge in [-0.1, -0.05) is 30.4 Å². The quantitative estimate of drug-likeness (QED) is 0.637. The van der Waals surface area contributed by atoms with Crippen molar-refractivity contribution in [2.24, 2.45) is 0 Å². The second-order valence-electron chi connectivity index (χ2n) is 4.84. The molecule has 0 aliphatic carbocycles. The summed E-state index contributed by atoms with van der Waals surface area (Å²) in [5.41, 5.74) is 1.84. The molecule has 1 N–H and O–H groups in total. The van der Waals surface area contributed by atoms with Gasteiger partial charge < -0.3 is 10.1 Å². The third-order valence-electron chi connectivity index (χ3n) is 3.00. The number of benzene rings is 1. The Labute approximate surface area is 114 Å². The van der Waals surface area contributed by atoms with E-state index in [0.717, 1.165) is 11.1 Å². The maximum Gasteiger partial charge on any atom is 0.180 e. The van der Waals surface area contributed by atoms with Crippen LogP contribution in [0.2, 0.25) is 0 Å². The van der Waals surface area contributed by atoms with E-state index in [1.54, 1.807) is 12.1 Å². The van der Waals surface area contributed by atoms with E-state index in [1.165, 1.54) is 0 Å². The molecule has 0 bridgehead atoms. The third kappa shape index (κ3) is 3.43. The minimum absolute atomic E-state index is 0.130. The summed E-state index contributed by atoms with van der Waals surface area (Å²) in [7, 11) is -3.13. The molecule has 0 saturated heterocycles. The largest absolute Gasteiger partial charge is 0.376 e. The minimum Gasteiger partial charge on any atom is -0.376 e. The highest BCUT2D eigenvalue weighted by Gasteiger charge is 2.33. The van der Waals surface area contributed by atoms with Crippen molar-refractivity contribution in [2.45, 2.75) is 17.9 Å². The average molecular weight is 281 g/mol. The van der Waals surface area contributed by atoms with E-state index >= 15 is 0 Å². The highest BCUT2D eigenvalue weighted by molar-refractivity contribution is 7.91. The molecular weight excluding hydrogens is 262 g/mol. The first-order valence-electron chi connectivity index (χ1n) is 6.28. The maximum atomic E-state index is 12.0. The van der Waals surface area contributed by atoms with E-state index in [9.17, 15) is 8.42 Å². The molecule has 19 heavy (non-hydrogen) atoms. The van der Waals surface area contributed by atoms with Crippen LogP contribution < -0.4 is 5.32 Å². The Morgan fingerprint density at radius 3 is 2.95 bits per heavy atom. The summed E-state index contributed by atoms with van der Waals surface area (Å²) in [6, 6.07) is 7.03. The number of rotatable bonds is 6. The van der Waals surface area contributed by atoms with Gasteiger partial charge >= 0.3 is 0 Å². The van der Waals surface area contributed by atoms with Gasteiger partial charge in [0.1, 0.15) is 0 Å². The van der Waals surface area contributed by atoms with Gasteiger partial charge in [0.15, 0.2) is 9.84 Å². The highest BCUT2D eigenvalue weighted by Crippen LogP contribution is 2.32. The van der Waals surface area contributed by atoms with Crippen LogP contribution >= 0.6 is 0 Å². The van der Waals surface area contributed by atoms with Crippen LogP contribution in [0.5, 0.6) is 0 Å². The zero-order chi connectivity index (χ0) is 13.9. The molecule has 1 aliphatic rings. The molecule has 0 aromatic heterocycles. The van der Waals surface area contributed by atoms with Crippen LogP contribution in [-0.4, -0.2) is 33.9 Å². The minimum atomic E-state index is -3.13. The molecule has 1 heterocycles. The first-order chi connectivity index (χ1) is 9.00. The lowest BCUT2D eigenvalue weighted by Crippen LogP contribution is -2.26. The standard InChI is InChI=1S/C14H19NO3S/c1-11(2)9-18-8-7-15-13-10-19(16,17)14-6-4-3-5-12(13)14/h3-6,13,15H,1,7-10H2,2H3. The highest BCUT2D eigenvalue weighted by atomic mass is 32.2. The smallest absolute Gasteiger partial charge is 0.180 e. The Balaban J connectivity index is 1.91. The SMILES string of the molecule is C=C(C)COCCNC1CS(=O)(=O)c2ccccc21. The lowest BCUT2D eigenvalue weighted by Gasteiger charge is -2.12. The molecule has 5 heteroatoms. The number of hydrogen-bond donors (Lipinski definition) is 1. The zero-order valence-electron chi connectivity index (χ0n) is 11.1. The number of fused-ring (bicyclic) bond motifs is 1. The van der Waals surface area contributed by atoms with Gasteiger partial charge in [0, 0.05) is 12.6 Å². The van der Waals surface area contributed by atoms with Crippen molar-refractivity contribution < 1.29 is 13.2 Å². The van der Waals surface area contributed by atoms with Gasteiger partial charge in [0.2, 0.25) is 0 Å². The Hall–Kier alpha value is -1.17. The van der Waals surface area contributed by atoms with Crippen LogP contribution in [-0.2, 0) is 14.6 Å². The number of sulfone groups is 1. The van der Waals surface area contributed by atoms with Gasteiger partial charge in [0.05, 0.1) is 23.9 Å². The number of hydrogen-bond acceptors (Lipinski definition) is 4. The molecule has 2 rings (SSSR count). The van der Waals surface area contributed by atoms with Crippen LogP contribution in [0, 0.1) is 0 Å². The van der Waals surface area contributed by atoms with E-state index in [4.69, 9.17) is 4.74 Å². The predicted octanol–water partition coefficient (Wildman–Crippen LogP) is 1.70. The van der Waals surface area contributed by atoms with Gasteiger partial charge in [-0.05, 0) is 18.6 Å². The molecule has 0 fully saturated rings. The van der Waals surface area contributed by atoms with Gasteiger partial charge in [-0.3, -0.25) is 0 Å². The first kappa shape index (κ1) is 14.2. The molecule has 0 spiro atoms. The van der Waals surface area contributed by atoms with Gasteiger partial charge in [-0.25, -0.2) is 8.42 Å². The van der Waals surface area contributed by atoms with Crippen LogP contribution in [0.4, 0.5) is 0 Å². The fraction of sp³-hybridized carbons (Fsp3) is 0.429. The molecule has 0 saturated carbocycles. The lowest BCUT2D eigenvalue weighted by molar-refractivity contribution is 0.156. The molecule has 1 aromatic rings. The number of nitrogens with one attached hydrogen (secondary N) is 1. The monoisotopic (exact) mass is 281 g/mol. The fourth-order valence-corrected chi connectivity index (χ4v) is 3.94. The van der Waals surface area contributed by atoms with Crippen molar-refractivity contribution in [3.63, 3.8) is 0 Å². The topological polar surface area (TPSA) is 55.4 Å². The van der Waals surface area contributed by atoms with Crippen LogP contribution in [0.15, 0.2) is 41.3 Å². The molecular formula is C14H19NO3S. The van der Waals surface area contributed by atoms with Crippen LogP contribution in [0.25, 0.3) is 0 Å². The second kappa shape index (κ2) is 5.86. The van der Waals surface area contributed by atoms with Gasteiger partial charge in [-0.2, -0.15) is 0 Å². The Bertz CT molecular complexity index is 566. The normalized spacial score (nSPS) is 20.2. The first-order valence-corrected chi connectivity index (χ1v) is 7.93. The average Bonchev–Trinajstić information content (AvgIpc) is 2.61. The summed E-state index contributed by atoms with van der Waals surface area (Å²) in [6.07, 6.45) is 0. The van der Waals surface area contributed by atoms with Crippen molar-refractivity contribution in [3.8, 4) is 0 Å². The summed E-state index contributed by atoms with van der Waals surface area (Å²) < 4.78 is 29.3. The summed E-state index contributed by atoms with van der Waals surface area (Å²) in [5.74, 6) is 0.132. The molecule has 1 unspecified atom stereocenters. The van der Waals surface area contributed by atoms with Crippen molar-refractivity contribution in [3.05, 3.63) is 42.0 Å². The van der Waals surface area contributed by atoms with E-state index < -0.39 is 9.84 Å². The summed E-state index contributed by atoms with van der Waals surface area (Å²) in [4.78, 5) is 0.454. The second-order valence-corrected chi connectivity index (χ2v) is 6.84. The van der Waals surface area contributed by atoms with Gasteiger partial charge in [0.25, 0.3) is 0 Å². The summed E-state index contributed by atoms with van der Waals surface area (Å²) in [6.45, 7) is 7.38. The van der Waals surface area contributed by atoms with E-state index in [0.29, 0.717) is 24.7 Å². The van der Waals surface area contributed by atoms with E-state index in [-0.39, 0.29) is 11.8 Å². The number of ether oxygens (including phenoxy) is 1. The van der Waals surface area contributed by atoms with E-state index in [2.05, 4.69) is 11.9 Å². The van der Waals surface area contributed by atoms with Crippen LogP contribution in [0.3, 0.4) is 0 Å². The van der Waals surface area contributed by atoms with Crippen molar-refractivity contribution >= 4 is 9.84 Å². The van der Waals surface area contributed by atoms with Crippen molar-refractivity contribution in [1.29, 1.82) is 0 Å². The van der Waals surface area contributed by atoms with Crippen LogP contribution in [0.1, 0.15) is 18.5 Å². The predicted molar refractivity (Wildman–Crippen MR) is 74.9 cm³/mol. The fourth-order valence-electron chi connectivity index (χ4n) is 2.17. The summed E-state index contributed by atoms with van der Waals surface area (Å²) >= 11 is 0. The van der Waals surface area contributed by atoms with E-state index in [1.807, 2.05) is 19.1 Å². The molecule has 1 atom stereocenters. The lowest BCUT2D eigenvalue weighted by atomic mass is 10.1. The maximum absolute atomic E-state index is 12.0. The summed E-state index contributed by atoms with van der Waals surface area (Å²) in [5, 5.41) is 3.23.